The number of piperazine rings is 1. The van der Waals surface area contributed by atoms with Gasteiger partial charge in [-0.15, -0.1) is 0 Å². The molecule has 2 fully saturated rings. The maximum Gasteiger partial charge on any atom is 0.303 e. The molecular weight excluding hydrogens is 306 g/mol. The molecule has 0 radical (unpaired) electrons. The van der Waals surface area contributed by atoms with E-state index in [0.717, 1.165) is 58.1 Å². The lowest BCUT2D eigenvalue weighted by atomic mass is 9.86. The van der Waals surface area contributed by atoms with Crippen molar-refractivity contribution in [3.63, 3.8) is 0 Å². The minimum atomic E-state index is -0.708. The lowest BCUT2D eigenvalue weighted by Crippen LogP contribution is -2.56. The fourth-order valence-corrected chi connectivity index (χ4v) is 3.88. The van der Waals surface area contributed by atoms with Crippen molar-refractivity contribution in [3.8, 4) is 0 Å². The van der Waals surface area contributed by atoms with Gasteiger partial charge in [-0.25, -0.2) is 9.97 Å². The fourth-order valence-electron chi connectivity index (χ4n) is 3.88. The fraction of sp³-hybridized carbons (Fsp3) is 0.706. The predicted molar refractivity (Wildman–Crippen MR) is 92.1 cm³/mol. The summed E-state index contributed by atoms with van der Waals surface area (Å²) in [6, 6.07) is 2.29. The summed E-state index contributed by atoms with van der Waals surface area (Å²) in [5.41, 5.74) is 0. The van der Waals surface area contributed by atoms with E-state index < -0.39 is 5.97 Å². The molecule has 3 heterocycles. The van der Waals surface area contributed by atoms with Crippen molar-refractivity contribution in [2.24, 2.45) is 5.92 Å². The third-order valence-corrected chi connectivity index (χ3v) is 5.26. The number of carboxylic acids is 1. The Balaban J connectivity index is 1.68. The van der Waals surface area contributed by atoms with Crippen LogP contribution in [0.25, 0.3) is 0 Å². The maximum atomic E-state index is 11.1. The van der Waals surface area contributed by atoms with Crippen LogP contribution < -0.4 is 4.90 Å². The van der Waals surface area contributed by atoms with Crippen LogP contribution in [0.5, 0.6) is 0 Å². The number of anilines is 1. The molecule has 0 aromatic carbocycles. The van der Waals surface area contributed by atoms with E-state index >= 15 is 0 Å². The zero-order valence-corrected chi connectivity index (χ0v) is 14.3. The molecule has 0 bridgehead atoms. The van der Waals surface area contributed by atoms with Crippen molar-refractivity contribution >= 4 is 11.9 Å². The lowest BCUT2D eigenvalue weighted by Gasteiger charge is -2.46. The minimum absolute atomic E-state index is 0.235. The van der Waals surface area contributed by atoms with Crippen molar-refractivity contribution in [2.75, 3.05) is 51.2 Å². The molecular formula is C17H27N5O2. The molecule has 2 atom stereocenters. The Morgan fingerprint density at radius 1 is 1.21 bits per heavy atom. The molecule has 24 heavy (non-hydrogen) atoms. The predicted octanol–water partition coefficient (Wildman–Crippen LogP) is 0.784. The van der Waals surface area contributed by atoms with Crippen molar-refractivity contribution < 1.29 is 9.90 Å². The highest BCUT2D eigenvalue weighted by Gasteiger charge is 2.35. The van der Waals surface area contributed by atoms with Gasteiger partial charge < -0.3 is 14.9 Å². The van der Waals surface area contributed by atoms with E-state index in [1.807, 2.05) is 6.07 Å². The van der Waals surface area contributed by atoms with Gasteiger partial charge in [0.15, 0.2) is 0 Å². The summed E-state index contributed by atoms with van der Waals surface area (Å²) in [7, 11) is 2.16. The Morgan fingerprint density at radius 3 is 2.58 bits per heavy atom. The van der Waals surface area contributed by atoms with Crippen LogP contribution in [-0.4, -0.2) is 83.2 Å². The summed E-state index contributed by atoms with van der Waals surface area (Å²) in [5, 5.41) is 9.10. The third kappa shape index (κ3) is 4.21. The Bertz CT molecular complexity index is 533. The lowest BCUT2D eigenvalue weighted by molar-refractivity contribution is -0.137. The SMILES string of the molecule is CN1CCN([C@@H]2CCN(c3ncccn3)C[C@@H]2CCC(=O)O)CC1. The first-order chi connectivity index (χ1) is 11.6. The average Bonchev–Trinajstić information content (AvgIpc) is 2.61. The topological polar surface area (TPSA) is 72.8 Å². The van der Waals surface area contributed by atoms with Crippen LogP contribution in [0.4, 0.5) is 5.95 Å². The van der Waals surface area contributed by atoms with Crippen molar-refractivity contribution in [2.45, 2.75) is 25.3 Å². The number of aromatic nitrogens is 2. The van der Waals surface area contributed by atoms with E-state index in [2.05, 4.69) is 31.7 Å². The van der Waals surface area contributed by atoms with Gasteiger partial charge in [-0.1, -0.05) is 0 Å². The third-order valence-electron chi connectivity index (χ3n) is 5.26. The van der Waals surface area contributed by atoms with Gasteiger partial charge >= 0.3 is 5.97 Å². The van der Waals surface area contributed by atoms with Crippen LogP contribution >= 0.6 is 0 Å². The Labute approximate surface area is 143 Å². The summed E-state index contributed by atoms with van der Waals surface area (Å²) in [6.07, 6.45) is 5.53. The number of aliphatic carboxylic acids is 1. The van der Waals surface area contributed by atoms with Crippen LogP contribution in [-0.2, 0) is 4.79 Å². The molecule has 3 rings (SSSR count). The number of likely N-dealkylation sites (N-methyl/N-ethyl adjacent to an activating group) is 1. The molecule has 2 aliphatic heterocycles. The maximum absolute atomic E-state index is 11.1. The van der Waals surface area contributed by atoms with Gasteiger partial charge in [0, 0.05) is 64.1 Å². The molecule has 0 spiro atoms. The van der Waals surface area contributed by atoms with Crippen LogP contribution in [0.3, 0.4) is 0 Å². The molecule has 0 amide bonds. The summed E-state index contributed by atoms with van der Waals surface area (Å²) >= 11 is 0. The highest BCUT2D eigenvalue weighted by atomic mass is 16.4. The summed E-state index contributed by atoms with van der Waals surface area (Å²) < 4.78 is 0. The van der Waals surface area contributed by atoms with Gasteiger partial charge in [-0.2, -0.15) is 0 Å². The second-order valence-electron chi connectivity index (χ2n) is 6.88. The highest BCUT2D eigenvalue weighted by molar-refractivity contribution is 5.66. The summed E-state index contributed by atoms with van der Waals surface area (Å²) in [4.78, 5) is 26.9. The van der Waals surface area contributed by atoms with Gasteiger partial charge in [0.05, 0.1) is 0 Å². The van der Waals surface area contributed by atoms with Crippen molar-refractivity contribution in [1.82, 2.24) is 19.8 Å². The molecule has 1 aromatic rings. The molecule has 0 aliphatic carbocycles. The minimum Gasteiger partial charge on any atom is -0.481 e. The Hall–Kier alpha value is -1.73. The number of nitrogens with zero attached hydrogens (tertiary/aromatic N) is 5. The standard InChI is InChI=1S/C17H27N5O2/c1-20-9-11-21(12-10-20)15-5-8-22(17-18-6-2-7-19-17)13-14(15)3-4-16(23)24/h2,6-7,14-15H,3-5,8-13H2,1H3,(H,23,24)/t14-,15+/m0/s1. The summed E-state index contributed by atoms with van der Waals surface area (Å²) in [6.45, 7) is 6.11. The largest absolute Gasteiger partial charge is 0.481 e. The second-order valence-corrected chi connectivity index (χ2v) is 6.88. The Morgan fingerprint density at radius 2 is 1.92 bits per heavy atom. The molecule has 0 unspecified atom stereocenters. The average molecular weight is 333 g/mol. The van der Waals surface area contributed by atoms with Gasteiger partial charge in [0.1, 0.15) is 0 Å². The van der Waals surface area contributed by atoms with Crippen LogP contribution in [0, 0.1) is 5.92 Å². The first-order valence-corrected chi connectivity index (χ1v) is 8.80. The zero-order chi connectivity index (χ0) is 16.9. The number of hydrogen-bond donors (Lipinski definition) is 1. The van der Waals surface area contributed by atoms with Gasteiger partial charge in [0.2, 0.25) is 5.95 Å². The van der Waals surface area contributed by atoms with Crippen molar-refractivity contribution in [1.29, 1.82) is 0 Å². The molecule has 132 valence electrons. The van der Waals surface area contributed by atoms with Gasteiger partial charge in [0.25, 0.3) is 0 Å². The first kappa shape index (κ1) is 17.1. The van der Waals surface area contributed by atoms with E-state index in [4.69, 9.17) is 5.11 Å². The second kappa shape index (κ2) is 7.90. The summed E-state index contributed by atoms with van der Waals surface area (Å²) in [5.74, 6) is 0.400. The highest BCUT2D eigenvalue weighted by Crippen LogP contribution is 2.28. The number of carboxylic acid groups (broad SMARTS) is 1. The quantitative estimate of drug-likeness (QED) is 0.854. The molecule has 2 saturated heterocycles. The van der Waals surface area contributed by atoms with E-state index in [1.165, 1.54) is 0 Å². The smallest absolute Gasteiger partial charge is 0.303 e. The monoisotopic (exact) mass is 333 g/mol. The van der Waals surface area contributed by atoms with Crippen LogP contribution in [0.1, 0.15) is 19.3 Å². The first-order valence-electron chi connectivity index (χ1n) is 8.80. The molecule has 7 nitrogen and oxygen atoms in total. The molecule has 0 saturated carbocycles. The number of rotatable bonds is 5. The van der Waals surface area contributed by atoms with E-state index in [0.29, 0.717) is 12.0 Å². The van der Waals surface area contributed by atoms with E-state index in [9.17, 15) is 4.79 Å². The zero-order valence-electron chi connectivity index (χ0n) is 14.3. The number of hydrogen-bond acceptors (Lipinski definition) is 6. The van der Waals surface area contributed by atoms with Crippen molar-refractivity contribution in [3.05, 3.63) is 18.5 Å². The molecule has 2 aliphatic rings. The molecule has 7 heteroatoms. The van der Waals surface area contributed by atoms with Gasteiger partial charge in [-0.05, 0) is 31.9 Å². The molecule has 1 aromatic heterocycles. The van der Waals surface area contributed by atoms with E-state index in [1.54, 1.807) is 12.4 Å². The van der Waals surface area contributed by atoms with Crippen LogP contribution in [0.2, 0.25) is 0 Å². The van der Waals surface area contributed by atoms with Gasteiger partial charge in [-0.3, -0.25) is 9.69 Å². The van der Waals surface area contributed by atoms with E-state index in [-0.39, 0.29) is 6.42 Å². The number of piperidine rings is 1. The number of carbonyl (C=O) groups is 1. The van der Waals surface area contributed by atoms with Crippen LogP contribution in [0.15, 0.2) is 18.5 Å². The normalized spacial score (nSPS) is 26.5. The Kier molecular flexibility index (Phi) is 5.63. The molecule has 1 N–H and O–H groups in total.